The van der Waals surface area contributed by atoms with Gasteiger partial charge >= 0.3 is 0 Å². The molecule has 0 spiro atoms. The predicted octanol–water partition coefficient (Wildman–Crippen LogP) is 3.50. The van der Waals surface area contributed by atoms with Crippen LogP contribution < -0.4 is 0 Å². The van der Waals surface area contributed by atoms with Gasteiger partial charge in [0.05, 0.1) is 11.7 Å². The SMILES string of the molecule is Cc1ccc(CC2CCC(C)(C)O2)cc1. The van der Waals surface area contributed by atoms with Gasteiger partial charge in [0.2, 0.25) is 0 Å². The molecule has 0 radical (unpaired) electrons. The van der Waals surface area contributed by atoms with Gasteiger partial charge in [-0.3, -0.25) is 0 Å². The van der Waals surface area contributed by atoms with Crippen LogP contribution >= 0.6 is 0 Å². The van der Waals surface area contributed by atoms with E-state index < -0.39 is 0 Å². The first kappa shape index (κ1) is 10.7. The molecule has 1 aliphatic heterocycles. The zero-order valence-corrected chi connectivity index (χ0v) is 9.92. The van der Waals surface area contributed by atoms with E-state index in [4.69, 9.17) is 4.74 Å². The van der Waals surface area contributed by atoms with E-state index in [2.05, 4.69) is 45.0 Å². The van der Waals surface area contributed by atoms with Crippen LogP contribution in [-0.4, -0.2) is 11.7 Å². The van der Waals surface area contributed by atoms with E-state index in [1.165, 1.54) is 24.0 Å². The maximum absolute atomic E-state index is 5.98. The van der Waals surface area contributed by atoms with Crippen molar-refractivity contribution in [2.45, 2.75) is 51.7 Å². The first-order valence-electron chi connectivity index (χ1n) is 5.78. The molecule has 82 valence electrons. The standard InChI is InChI=1S/C14H20O/c1-11-4-6-12(7-5-11)10-13-8-9-14(2,3)15-13/h4-7,13H,8-10H2,1-3H3. The van der Waals surface area contributed by atoms with Gasteiger partial charge in [-0.1, -0.05) is 29.8 Å². The van der Waals surface area contributed by atoms with Crippen LogP contribution in [0.2, 0.25) is 0 Å². The molecule has 0 amide bonds. The minimum absolute atomic E-state index is 0.0926. The summed E-state index contributed by atoms with van der Waals surface area (Å²) in [7, 11) is 0. The van der Waals surface area contributed by atoms with Crippen molar-refractivity contribution in [3.05, 3.63) is 35.4 Å². The predicted molar refractivity (Wildman–Crippen MR) is 63.1 cm³/mol. The summed E-state index contributed by atoms with van der Waals surface area (Å²) in [4.78, 5) is 0. The minimum Gasteiger partial charge on any atom is -0.372 e. The minimum atomic E-state index is 0.0926. The van der Waals surface area contributed by atoms with Gasteiger partial charge in [-0.15, -0.1) is 0 Å². The lowest BCUT2D eigenvalue weighted by Gasteiger charge is -2.19. The lowest BCUT2D eigenvalue weighted by Crippen LogP contribution is -2.21. The number of rotatable bonds is 2. The lowest BCUT2D eigenvalue weighted by molar-refractivity contribution is -0.0145. The topological polar surface area (TPSA) is 9.23 Å². The van der Waals surface area contributed by atoms with Gasteiger partial charge in [-0.05, 0) is 45.6 Å². The van der Waals surface area contributed by atoms with Crippen molar-refractivity contribution in [1.29, 1.82) is 0 Å². The normalized spacial score (nSPS) is 24.3. The van der Waals surface area contributed by atoms with E-state index in [1.54, 1.807) is 0 Å². The smallest absolute Gasteiger partial charge is 0.0631 e. The molecule has 0 saturated carbocycles. The number of ether oxygens (including phenoxy) is 1. The molecule has 1 heterocycles. The number of aryl methyl sites for hydroxylation is 1. The molecule has 1 atom stereocenters. The summed E-state index contributed by atoms with van der Waals surface area (Å²) < 4.78 is 5.98. The summed E-state index contributed by atoms with van der Waals surface area (Å²) >= 11 is 0. The molecule has 1 saturated heterocycles. The fourth-order valence-corrected chi connectivity index (χ4v) is 2.21. The molecular weight excluding hydrogens is 184 g/mol. The molecule has 1 nitrogen and oxygen atoms in total. The largest absolute Gasteiger partial charge is 0.372 e. The van der Waals surface area contributed by atoms with E-state index in [-0.39, 0.29) is 5.60 Å². The summed E-state index contributed by atoms with van der Waals surface area (Å²) in [5, 5.41) is 0. The quantitative estimate of drug-likeness (QED) is 0.716. The second kappa shape index (κ2) is 3.97. The molecule has 1 fully saturated rings. The molecule has 1 unspecified atom stereocenters. The third kappa shape index (κ3) is 2.82. The molecule has 0 aliphatic carbocycles. The Balaban J connectivity index is 1.96. The summed E-state index contributed by atoms with van der Waals surface area (Å²) in [6, 6.07) is 8.78. The Morgan fingerprint density at radius 2 is 1.93 bits per heavy atom. The molecule has 2 rings (SSSR count). The highest BCUT2D eigenvalue weighted by molar-refractivity contribution is 5.22. The van der Waals surface area contributed by atoms with Gasteiger partial charge in [0.25, 0.3) is 0 Å². The van der Waals surface area contributed by atoms with Gasteiger partial charge < -0.3 is 4.74 Å². The fraction of sp³-hybridized carbons (Fsp3) is 0.571. The van der Waals surface area contributed by atoms with E-state index in [9.17, 15) is 0 Å². The Bertz CT molecular complexity index is 324. The van der Waals surface area contributed by atoms with Gasteiger partial charge in [0.1, 0.15) is 0 Å². The maximum atomic E-state index is 5.98. The van der Waals surface area contributed by atoms with Crippen molar-refractivity contribution in [2.75, 3.05) is 0 Å². The van der Waals surface area contributed by atoms with Gasteiger partial charge in [-0.25, -0.2) is 0 Å². The van der Waals surface area contributed by atoms with Crippen molar-refractivity contribution >= 4 is 0 Å². The van der Waals surface area contributed by atoms with Crippen molar-refractivity contribution < 1.29 is 4.74 Å². The van der Waals surface area contributed by atoms with E-state index in [0.717, 1.165) is 6.42 Å². The molecule has 1 aromatic rings. The van der Waals surface area contributed by atoms with Gasteiger partial charge in [-0.2, -0.15) is 0 Å². The molecule has 0 aromatic heterocycles. The number of hydrogen-bond donors (Lipinski definition) is 0. The van der Waals surface area contributed by atoms with Crippen molar-refractivity contribution in [2.24, 2.45) is 0 Å². The molecule has 0 N–H and O–H groups in total. The number of hydrogen-bond acceptors (Lipinski definition) is 1. The van der Waals surface area contributed by atoms with Gasteiger partial charge in [0.15, 0.2) is 0 Å². The molecular formula is C14H20O. The molecule has 0 bridgehead atoms. The zero-order valence-electron chi connectivity index (χ0n) is 9.92. The first-order chi connectivity index (χ1) is 7.05. The Hall–Kier alpha value is -0.820. The van der Waals surface area contributed by atoms with Crippen molar-refractivity contribution in [3.63, 3.8) is 0 Å². The van der Waals surface area contributed by atoms with Crippen LogP contribution in [-0.2, 0) is 11.2 Å². The number of benzene rings is 1. The van der Waals surface area contributed by atoms with Crippen molar-refractivity contribution in [3.8, 4) is 0 Å². The van der Waals surface area contributed by atoms with E-state index in [0.29, 0.717) is 6.10 Å². The average Bonchev–Trinajstić information content (AvgIpc) is 2.50. The first-order valence-corrected chi connectivity index (χ1v) is 5.78. The van der Waals surface area contributed by atoms with Crippen LogP contribution in [0.3, 0.4) is 0 Å². The second-order valence-electron chi connectivity index (χ2n) is 5.23. The Kier molecular flexibility index (Phi) is 2.83. The average molecular weight is 204 g/mol. The third-order valence-corrected chi connectivity index (χ3v) is 3.14. The summed E-state index contributed by atoms with van der Waals surface area (Å²) in [5.41, 5.74) is 2.81. The monoisotopic (exact) mass is 204 g/mol. The van der Waals surface area contributed by atoms with Gasteiger partial charge in [0, 0.05) is 0 Å². The van der Waals surface area contributed by atoms with Crippen LogP contribution in [0.15, 0.2) is 24.3 Å². The molecule has 1 aromatic carbocycles. The summed E-state index contributed by atoms with van der Waals surface area (Å²) in [6.45, 7) is 6.49. The van der Waals surface area contributed by atoms with E-state index >= 15 is 0 Å². The highest BCUT2D eigenvalue weighted by atomic mass is 16.5. The van der Waals surface area contributed by atoms with Crippen LogP contribution in [0.1, 0.15) is 37.8 Å². The van der Waals surface area contributed by atoms with E-state index in [1.807, 2.05) is 0 Å². The summed E-state index contributed by atoms with van der Waals surface area (Å²) in [6.07, 6.45) is 3.86. The Morgan fingerprint density at radius 1 is 1.27 bits per heavy atom. The van der Waals surface area contributed by atoms with Crippen molar-refractivity contribution in [1.82, 2.24) is 0 Å². The highest BCUT2D eigenvalue weighted by Crippen LogP contribution is 2.30. The van der Waals surface area contributed by atoms with Crippen LogP contribution in [0, 0.1) is 6.92 Å². The summed E-state index contributed by atoms with van der Waals surface area (Å²) in [5.74, 6) is 0. The third-order valence-electron chi connectivity index (χ3n) is 3.14. The molecule has 1 heteroatoms. The second-order valence-corrected chi connectivity index (χ2v) is 5.23. The fourth-order valence-electron chi connectivity index (χ4n) is 2.21. The lowest BCUT2D eigenvalue weighted by atomic mass is 10.0. The Morgan fingerprint density at radius 3 is 2.47 bits per heavy atom. The zero-order chi connectivity index (χ0) is 10.9. The van der Waals surface area contributed by atoms with Crippen LogP contribution in [0.5, 0.6) is 0 Å². The van der Waals surface area contributed by atoms with Crippen LogP contribution in [0.4, 0.5) is 0 Å². The maximum Gasteiger partial charge on any atom is 0.0631 e. The molecule has 15 heavy (non-hydrogen) atoms. The highest BCUT2D eigenvalue weighted by Gasteiger charge is 2.31. The van der Waals surface area contributed by atoms with Crippen LogP contribution in [0.25, 0.3) is 0 Å². The molecule has 1 aliphatic rings. The Labute approximate surface area is 92.5 Å².